The van der Waals surface area contributed by atoms with Crippen molar-refractivity contribution < 1.29 is 23.9 Å². The maximum Gasteiger partial charge on any atom is 0.317 e. The number of hydrazine groups is 1. The second kappa shape index (κ2) is 9.85. The number of nitrogens with zero attached hydrogens (tertiary/aromatic N) is 1. The second-order valence-electron chi connectivity index (χ2n) is 10.8. The molecule has 1 heterocycles. The first-order chi connectivity index (χ1) is 18.3. The third-order valence-electron chi connectivity index (χ3n) is 8.20. The summed E-state index contributed by atoms with van der Waals surface area (Å²) in [6.45, 7) is 0. The molecule has 7 rings (SSSR count). The van der Waals surface area contributed by atoms with E-state index in [1.165, 1.54) is 26.4 Å². The molecule has 0 radical (unpaired) electrons. The number of amides is 2. The normalized spacial score (nSPS) is 28.6. The van der Waals surface area contributed by atoms with Crippen molar-refractivity contribution in [3.63, 3.8) is 0 Å². The van der Waals surface area contributed by atoms with E-state index in [1.54, 1.807) is 48.5 Å². The molecule has 1 aliphatic heterocycles. The van der Waals surface area contributed by atoms with Gasteiger partial charge < -0.3 is 9.47 Å². The Morgan fingerprint density at radius 3 is 2.32 bits per heavy atom. The summed E-state index contributed by atoms with van der Waals surface area (Å²) in [4.78, 5) is 39.3. The van der Waals surface area contributed by atoms with Crippen LogP contribution >= 0.6 is 24.0 Å². The van der Waals surface area contributed by atoms with Crippen LogP contribution in [0, 0.1) is 23.2 Å². The molecule has 2 amide bonds. The van der Waals surface area contributed by atoms with Crippen LogP contribution in [0.2, 0.25) is 0 Å². The van der Waals surface area contributed by atoms with Crippen LogP contribution in [0.25, 0.3) is 6.08 Å². The summed E-state index contributed by atoms with van der Waals surface area (Å²) >= 11 is 6.44. The van der Waals surface area contributed by atoms with Gasteiger partial charge in [-0.2, -0.15) is 5.01 Å². The van der Waals surface area contributed by atoms with Crippen molar-refractivity contribution in [2.45, 2.75) is 38.5 Å². The van der Waals surface area contributed by atoms with E-state index in [0.29, 0.717) is 45.3 Å². The summed E-state index contributed by atoms with van der Waals surface area (Å²) in [6.07, 6.45) is 8.25. The van der Waals surface area contributed by atoms with Gasteiger partial charge in [0.15, 0.2) is 15.8 Å². The Morgan fingerprint density at radius 1 is 1.03 bits per heavy atom. The van der Waals surface area contributed by atoms with E-state index in [4.69, 9.17) is 21.7 Å². The van der Waals surface area contributed by atoms with E-state index in [2.05, 4.69) is 5.43 Å². The molecule has 5 aliphatic rings. The number of benzene rings is 2. The minimum atomic E-state index is -0.421. The first-order valence-corrected chi connectivity index (χ1v) is 14.1. The van der Waals surface area contributed by atoms with Gasteiger partial charge in [0, 0.05) is 5.56 Å². The van der Waals surface area contributed by atoms with Crippen LogP contribution in [0.4, 0.5) is 0 Å². The average Bonchev–Trinajstić information content (AvgIpc) is 3.16. The lowest BCUT2D eigenvalue weighted by atomic mass is 9.49. The van der Waals surface area contributed by atoms with E-state index in [0.717, 1.165) is 36.0 Å². The molecule has 5 fully saturated rings. The number of hydrogen-bond donors (Lipinski definition) is 1. The smallest absolute Gasteiger partial charge is 0.317 e. The van der Waals surface area contributed by atoms with Crippen molar-refractivity contribution in [3.05, 3.63) is 64.6 Å². The third kappa shape index (κ3) is 4.62. The molecule has 38 heavy (non-hydrogen) atoms. The van der Waals surface area contributed by atoms with Gasteiger partial charge >= 0.3 is 5.97 Å². The Labute approximate surface area is 230 Å². The molecule has 0 spiro atoms. The average molecular weight is 549 g/mol. The Bertz CT molecular complexity index is 1320. The zero-order valence-corrected chi connectivity index (χ0v) is 22.6. The van der Waals surface area contributed by atoms with Crippen molar-refractivity contribution in [3.8, 4) is 11.5 Å². The fraction of sp³-hybridized carbons (Fsp3) is 0.379. The maximum atomic E-state index is 13.4. The Kier molecular flexibility index (Phi) is 6.52. The highest BCUT2D eigenvalue weighted by Crippen LogP contribution is 2.60. The SMILES string of the molecule is COc1cc(/C=C2\SC(=S)N(NC(=O)c3ccccc3)C2=O)ccc1OC(=O)C12CC3CC(CC(C3)C1)C2. The molecule has 0 aromatic heterocycles. The molecule has 4 bridgehead atoms. The number of hydrogen-bond acceptors (Lipinski definition) is 7. The van der Waals surface area contributed by atoms with E-state index >= 15 is 0 Å². The number of esters is 1. The topological polar surface area (TPSA) is 84.9 Å². The van der Waals surface area contributed by atoms with Crippen molar-refractivity contribution >= 4 is 52.2 Å². The number of methoxy groups -OCH3 is 1. The van der Waals surface area contributed by atoms with Gasteiger partial charge in [-0.1, -0.05) is 36.0 Å². The highest BCUT2D eigenvalue weighted by Gasteiger charge is 2.55. The highest BCUT2D eigenvalue weighted by atomic mass is 32.2. The molecule has 4 aliphatic carbocycles. The number of carbonyl (C=O) groups is 3. The van der Waals surface area contributed by atoms with Crippen molar-refractivity contribution in [2.75, 3.05) is 7.11 Å². The Hall–Kier alpha value is -3.17. The van der Waals surface area contributed by atoms with Gasteiger partial charge in [0.2, 0.25) is 0 Å². The van der Waals surface area contributed by atoms with Crippen LogP contribution < -0.4 is 14.9 Å². The zero-order valence-electron chi connectivity index (χ0n) is 21.0. The van der Waals surface area contributed by atoms with Crippen molar-refractivity contribution in [1.29, 1.82) is 0 Å². The number of rotatable bonds is 6. The number of thiocarbonyl (C=S) groups is 1. The minimum absolute atomic E-state index is 0.141. The molecule has 1 saturated heterocycles. The lowest BCUT2D eigenvalue weighted by Gasteiger charge is -2.55. The van der Waals surface area contributed by atoms with Gasteiger partial charge in [0.05, 0.1) is 17.4 Å². The quantitative estimate of drug-likeness (QED) is 0.225. The summed E-state index contributed by atoms with van der Waals surface area (Å²) in [5.41, 5.74) is 3.32. The predicted octanol–water partition coefficient (Wildman–Crippen LogP) is 5.36. The minimum Gasteiger partial charge on any atom is -0.493 e. The summed E-state index contributed by atoms with van der Waals surface area (Å²) < 4.78 is 11.7. The van der Waals surface area contributed by atoms with Crippen LogP contribution in [0.1, 0.15) is 54.4 Å². The van der Waals surface area contributed by atoms with Gasteiger partial charge in [-0.05, 0) is 104 Å². The van der Waals surface area contributed by atoms with Crippen LogP contribution in [-0.4, -0.2) is 34.2 Å². The molecular formula is C29H28N2O5S2. The van der Waals surface area contributed by atoms with E-state index in [-0.39, 0.29) is 15.7 Å². The van der Waals surface area contributed by atoms with E-state index in [1.807, 2.05) is 6.07 Å². The molecular weight excluding hydrogens is 520 g/mol. The molecule has 196 valence electrons. The van der Waals surface area contributed by atoms with Crippen LogP contribution in [-0.2, 0) is 9.59 Å². The van der Waals surface area contributed by atoms with Crippen molar-refractivity contribution in [2.24, 2.45) is 23.2 Å². The zero-order chi connectivity index (χ0) is 26.4. The number of ether oxygens (including phenoxy) is 2. The molecule has 0 unspecified atom stereocenters. The third-order valence-corrected chi connectivity index (χ3v) is 9.50. The monoisotopic (exact) mass is 548 g/mol. The first kappa shape index (κ1) is 25.1. The molecule has 0 atom stereocenters. The molecule has 2 aromatic carbocycles. The van der Waals surface area contributed by atoms with Crippen LogP contribution in [0.5, 0.6) is 11.5 Å². The fourth-order valence-electron chi connectivity index (χ4n) is 6.90. The summed E-state index contributed by atoms with van der Waals surface area (Å²) in [6, 6.07) is 13.8. The van der Waals surface area contributed by atoms with Crippen molar-refractivity contribution in [1.82, 2.24) is 10.4 Å². The standard InChI is InChI=1S/C29H28N2O5S2/c1-35-23-12-17(13-24-26(33)31(28(37)38-24)30-25(32)21-5-3-2-4-6-21)7-8-22(23)36-27(34)29-14-18-9-19(15-29)11-20(10-18)16-29/h2-8,12-13,18-20H,9-11,14-16H2,1H3,(H,30,32)/b24-13-. The fourth-order valence-corrected chi connectivity index (χ4v) is 8.08. The molecule has 7 nitrogen and oxygen atoms in total. The summed E-state index contributed by atoms with van der Waals surface area (Å²) in [5, 5.41) is 1.08. The lowest BCUT2D eigenvalue weighted by molar-refractivity contribution is -0.161. The van der Waals surface area contributed by atoms with E-state index in [9.17, 15) is 14.4 Å². The maximum absolute atomic E-state index is 13.4. The molecule has 2 aromatic rings. The van der Waals surface area contributed by atoms with E-state index < -0.39 is 11.8 Å². The number of carbonyl (C=O) groups excluding carboxylic acids is 3. The highest BCUT2D eigenvalue weighted by molar-refractivity contribution is 8.26. The lowest BCUT2D eigenvalue weighted by Crippen LogP contribution is -2.51. The largest absolute Gasteiger partial charge is 0.493 e. The van der Waals surface area contributed by atoms with Gasteiger partial charge in [-0.15, -0.1) is 0 Å². The summed E-state index contributed by atoms with van der Waals surface area (Å²) in [5.74, 6) is 1.77. The Balaban J connectivity index is 1.16. The van der Waals surface area contributed by atoms with Gasteiger partial charge in [-0.25, -0.2) is 0 Å². The Morgan fingerprint density at radius 2 is 1.68 bits per heavy atom. The number of thioether (sulfide) groups is 1. The molecule has 4 saturated carbocycles. The molecule has 1 N–H and O–H groups in total. The van der Waals surface area contributed by atoms with Crippen LogP contribution in [0.3, 0.4) is 0 Å². The number of nitrogens with one attached hydrogen (secondary N) is 1. The second-order valence-corrected chi connectivity index (χ2v) is 12.5. The van der Waals surface area contributed by atoms with Gasteiger partial charge in [0.1, 0.15) is 0 Å². The van der Waals surface area contributed by atoms with Gasteiger partial charge in [-0.3, -0.25) is 19.8 Å². The molecule has 9 heteroatoms. The predicted molar refractivity (Wildman–Crippen MR) is 148 cm³/mol. The van der Waals surface area contributed by atoms with Crippen LogP contribution in [0.15, 0.2) is 53.4 Å². The summed E-state index contributed by atoms with van der Waals surface area (Å²) in [7, 11) is 1.53. The first-order valence-electron chi connectivity index (χ1n) is 12.9. The van der Waals surface area contributed by atoms with Gasteiger partial charge in [0.25, 0.3) is 11.8 Å².